The molecule has 0 atom stereocenters. The second kappa shape index (κ2) is 7.65. The van der Waals surface area contributed by atoms with Gasteiger partial charge in [0.15, 0.2) is 0 Å². The highest BCUT2D eigenvalue weighted by Crippen LogP contribution is 2.16. The van der Waals surface area contributed by atoms with E-state index in [1.165, 1.54) is 12.8 Å². The summed E-state index contributed by atoms with van der Waals surface area (Å²) in [5.41, 5.74) is 1.06. The summed E-state index contributed by atoms with van der Waals surface area (Å²) < 4.78 is 7.90. The first-order valence-corrected chi connectivity index (χ1v) is 7.66. The van der Waals surface area contributed by atoms with Crippen molar-refractivity contribution in [1.82, 2.24) is 15.1 Å². The highest BCUT2D eigenvalue weighted by atomic mass is 16.5. The molecule has 0 aliphatic carbocycles. The van der Waals surface area contributed by atoms with Gasteiger partial charge in [0, 0.05) is 6.20 Å². The highest BCUT2D eigenvalue weighted by Gasteiger charge is 2.13. The van der Waals surface area contributed by atoms with Crippen LogP contribution in [0.15, 0.2) is 12.3 Å². The molecule has 1 fully saturated rings. The van der Waals surface area contributed by atoms with Crippen molar-refractivity contribution in [2.24, 2.45) is 5.92 Å². The molecular formula is C15H27N3O. The summed E-state index contributed by atoms with van der Waals surface area (Å²) in [6.45, 7) is 8.22. The van der Waals surface area contributed by atoms with E-state index in [1.807, 2.05) is 0 Å². The van der Waals surface area contributed by atoms with Crippen molar-refractivity contribution in [1.29, 1.82) is 0 Å². The summed E-state index contributed by atoms with van der Waals surface area (Å²) >= 11 is 0. The zero-order valence-electron chi connectivity index (χ0n) is 12.3. The predicted octanol–water partition coefficient (Wildman–Crippen LogP) is 2.76. The van der Waals surface area contributed by atoms with Gasteiger partial charge in [0.05, 0.1) is 24.9 Å². The minimum atomic E-state index is 0.526. The van der Waals surface area contributed by atoms with Crippen molar-refractivity contribution in [3.63, 3.8) is 0 Å². The Morgan fingerprint density at radius 2 is 2.11 bits per heavy atom. The molecule has 1 saturated heterocycles. The minimum Gasteiger partial charge on any atom is -0.375 e. The van der Waals surface area contributed by atoms with Gasteiger partial charge in [-0.1, -0.05) is 13.8 Å². The van der Waals surface area contributed by atoms with Gasteiger partial charge in [0.2, 0.25) is 0 Å². The molecule has 0 amide bonds. The number of hydrogen-bond acceptors (Lipinski definition) is 3. The predicted molar refractivity (Wildman–Crippen MR) is 77.1 cm³/mol. The van der Waals surface area contributed by atoms with Crippen LogP contribution >= 0.6 is 0 Å². The molecule has 108 valence electrons. The average Bonchev–Trinajstić information content (AvgIpc) is 2.90. The third kappa shape index (κ3) is 4.32. The molecule has 2 heterocycles. The van der Waals surface area contributed by atoms with Crippen LogP contribution in [0, 0.1) is 5.92 Å². The Hall–Kier alpha value is -0.870. The lowest BCUT2D eigenvalue weighted by Crippen LogP contribution is -2.29. The lowest BCUT2D eigenvalue weighted by Gasteiger charge is -2.22. The summed E-state index contributed by atoms with van der Waals surface area (Å²) in [5, 5.41) is 7.99. The van der Waals surface area contributed by atoms with E-state index in [2.05, 4.69) is 41.2 Å². The number of nitrogens with zero attached hydrogens (tertiary/aromatic N) is 2. The maximum Gasteiger partial charge on any atom is 0.0906 e. The Balaban J connectivity index is 1.73. The molecule has 1 N–H and O–H groups in total. The quantitative estimate of drug-likeness (QED) is 0.824. The molecule has 2 rings (SSSR count). The van der Waals surface area contributed by atoms with Crippen LogP contribution in [0.3, 0.4) is 0 Å². The van der Waals surface area contributed by atoms with Gasteiger partial charge in [-0.3, -0.25) is 4.68 Å². The fourth-order valence-corrected chi connectivity index (χ4v) is 2.70. The lowest BCUT2D eigenvalue weighted by molar-refractivity contribution is 0.0739. The van der Waals surface area contributed by atoms with Gasteiger partial charge in [-0.2, -0.15) is 5.10 Å². The van der Waals surface area contributed by atoms with E-state index in [0.717, 1.165) is 44.1 Å². The van der Waals surface area contributed by atoms with Crippen LogP contribution in [0.25, 0.3) is 0 Å². The average molecular weight is 265 g/mol. The van der Waals surface area contributed by atoms with Gasteiger partial charge in [0.25, 0.3) is 0 Å². The van der Waals surface area contributed by atoms with Crippen LogP contribution in [-0.4, -0.2) is 29.5 Å². The van der Waals surface area contributed by atoms with E-state index in [-0.39, 0.29) is 0 Å². The first kappa shape index (κ1) is 14.5. The Morgan fingerprint density at radius 3 is 2.79 bits per heavy atom. The molecular weight excluding hydrogens is 238 g/mol. The van der Waals surface area contributed by atoms with Crippen LogP contribution in [-0.2, 0) is 11.3 Å². The number of hydrogen-bond donors (Lipinski definition) is 1. The van der Waals surface area contributed by atoms with Crippen LogP contribution in [0.5, 0.6) is 0 Å². The SMILES string of the molecule is CCC(CC)n1ccc(COCC2CCNCC2)n1. The molecule has 1 aromatic heterocycles. The molecule has 0 aromatic carbocycles. The minimum absolute atomic E-state index is 0.526. The molecule has 1 aromatic rings. The van der Waals surface area contributed by atoms with Gasteiger partial charge >= 0.3 is 0 Å². The maximum atomic E-state index is 5.82. The molecule has 1 aliphatic rings. The number of nitrogens with one attached hydrogen (secondary N) is 1. The molecule has 0 bridgehead atoms. The second-order valence-electron chi connectivity index (χ2n) is 5.47. The molecule has 4 nitrogen and oxygen atoms in total. The summed E-state index contributed by atoms with van der Waals surface area (Å²) in [6, 6.07) is 2.61. The van der Waals surface area contributed by atoms with E-state index in [9.17, 15) is 0 Å². The zero-order valence-corrected chi connectivity index (χ0v) is 12.3. The van der Waals surface area contributed by atoms with Crippen molar-refractivity contribution < 1.29 is 4.74 Å². The zero-order chi connectivity index (χ0) is 13.5. The van der Waals surface area contributed by atoms with E-state index in [4.69, 9.17) is 4.74 Å². The molecule has 0 unspecified atom stereocenters. The van der Waals surface area contributed by atoms with E-state index in [0.29, 0.717) is 12.6 Å². The third-order valence-corrected chi connectivity index (χ3v) is 4.04. The first-order valence-electron chi connectivity index (χ1n) is 7.66. The van der Waals surface area contributed by atoms with Crippen molar-refractivity contribution in [3.05, 3.63) is 18.0 Å². The Labute approximate surface area is 116 Å². The van der Waals surface area contributed by atoms with Crippen molar-refractivity contribution >= 4 is 0 Å². The van der Waals surface area contributed by atoms with Crippen molar-refractivity contribution in [2.45, 2.75) is 52.2 Å². The molecule has 19 heavy (non-hydrogen) atoms. The normalized spacial score (nSPS) is 17.2. The van der Waals surface area contributed by atoms with Gasteiger partial charge in [-0.15, -0.1) is 0 Å². The van der Waals surface area contributed by atoms with Gasteiger partial charge in [0.1, 0.15) is 0 Å². The molecule has 4 heteroatoms. The topological polar surface area (TPSA) is 39.1 Å². The van der Waals surface area contributed by atoms with Crippen LogP contribution in [0.2, 0.25) is 0 Å². The molecule has 0 radical (unpaired) electrons. The third-order valence-electron chi connectivity index (χ3n) is 4.04. The van der Waals surface area contributed by atoms with Gasteiger partial charge in [-0.05, 0) is 50.8 Å². The molecule has 0 saturated carbocycles. The molecule has 1 aliphatic heterocycles. The summed E-state index contributed by atoms with van der Waals surface area (Å²) in [4.78, 5) is 0. The number of rotatable bonds is 7. The molecule has 0 spiro atoms. The highest BCUT2D eigenvalue weighted by molar-refractivity contribution is 4.98. The number of ether oxygens (including phenoxy) is 1. The van der Waals surface area contributed by atoms with Crippen LogP contribution in [0.4, 0.5) is 0 Å². The standard InChI is InChI=1S/C15H27N3O/c1-3-15(4-2)18-10-7-14(17-18)12-19-11-13-5-8-16-9-6-13/h7,10,13,15-16H,3-6,8-9,11-12H2,1-2H3. The number of piperidine rings is 1. The Kier molecular flexibility index (Phi) is 5.86. The van der Waals surface area contributed by atoms with Crippen molar-refractivity contribution in [2.75, 3.05) is 19.7 Å². The van der Waals surface area contributed by atoms with E-state index in [1.54, 1.807) is 0 Å². The van der Waals surface area contributed by atoms with Crippen molar-refractivity contribution in [3.8, 4) is 0 Å². The van der Waals surface area contributed by atoms with Crippen LogP contribution in [0.1, 0.15) is 51.3 Å². The fraction of sp³-hybridized carbons (Fsp3) is 0.800. The van der Waals surface area contributed by atoms with Gasteiger partial charge < -0.3 is 10.1 Å². The van der Waals surface area contributed by atoms with E-state index >= 15 is 0 Å². The largest absolute Gasteiger partial charge is 0.375 e. The smallest absolute Gasteiger partial charge is 0.0906 e. The first-order chi connectivity index (χ1) is 9.33. The Morgan fingerprint density at radius 1 is 1.37 bits per heavy atom. The Bertz CT molecular complexity index is 354. The second-order valence-corrected chi connectivity index (χ2v) is 5.47. The maximum absolute atomic E-state index is 5.82. The summed E-state index contributed by atoms with van der Waals surface area (Å²) in [5.74, 6) is 0.724. The summed E-state index contributed by atoms with van der Waals surface area (Å²) in [7, 11) is 0. The van der Waals surface area contributed by atoms with Crippen LogP contribution < -0.4 is 5.32 Å². The van der Waals surface area contributed by atoms with Gasteiger partial charge in [-0.25, -0.2) is 0 Å². The summed E-state index contributed by atoms with van der Waals surface area (Å²) in [6.07, 6.45) is 6.83. The number of aromatic nitrogens is 2. The van der Waals surface area contributed by atoms with E-state index < -0.39 is 0 Å². The lowest BCUT2D eigenvalue weighted by atomic mass is 9.99. The monoisotopic (exact) mass is 265 g/mol. The fourth-order valence-electron chi connectivity index (χ4n) is 2.70.